The summed E-state index contributed by atoms with van der Waals surface area (Å²) < 4.78 is 5.43. The Morgan fingerprint density at radius 1 is 1.09 bits per heavy atom. The van der Waals surface area contributed by atoms with Crippen molar-refractivity contribution in [1.29, 1.82) is 0 Å². The van der Waals surface area contributed by atoms with Gasteiger partial charge in [0.1, 0.15) is 0 Å². The summed E-state index contributed by atoms with van der Waals surface area (Å²) in [5, 5.41) is 3.97. The van der Waals surface area contributed by atoms with E-state index in [9.17, 15) is 9.59 Å². The van der Waals surface area contributed by atoms with E-state index in [-0.39, 0.29) is 18.1 Å². The molecule has 0 atom stereocenters. The molecule has 1 aromatic heterocycles. The minimum absolute atomic E-state index is 0.157. The van der Waals surface area contributed by atoms with Gasteiger partial charge in [0.25, 0.3) is 5.56 Å². The average Bonchev–Trinajstić information content (AvgIpc) is 2.81. The molecule has 0 saturated carbocycles. The van der Waals surface area contributed by atoms with Crippen LogP contribution in [0.25, 0.3) is 10.9 Å². The van der Waals surface area contributed by atoms with Crippen LogP contribution in [-0.2, 0) is 11.3 Å². The third kappa shape index (κ3) is 5.18. The van der Waals surface area contributed by atoms with Crippen LogP contribution in [0.3, 0.4) is 0 Å². The van der Waals surface area contributed by atoms with Gasteiger partial charge in [0.2, 0.25) is 0 Å². The van der Waals surface area contributed by atoms with Crippen molar-refractivity contribution < 1.29 is 9.53 Å². The lowest BCUT2D eigenvalue weighted by Gasteiger charge is -2.30. The highest BCUT2D eigenvalue weighted by Crippen LogP contribution is 2.20. The first-order valence-corrected chi connectivity index (χ1v) is 11.0. The van der Waals surface area contributed by atoms with Crippen LogP contribution in [0.4, 0.5) is 10.5 Å². The number of benzene rings is 2. The first-order valence-electron chi connectivity index (χ1n) is 11.0. The molecule has 3 aromatic rings. The van der Waals surface area contributed by atoms with Crippen molar-refractivity contribution in [3.05, 3.63) is 75.6 Å². The number of carbonyl (C=O) groups is 1. The maximum atomic E-state index is 13.1. The van der Waals surface area contributed by atoms with E-state index in [0.717, 1.165) is 47.4 Å². The fraction of sp³-hybridized carbons (Fsp3) is 0.360. The molecule has 2 amide bonds. The summed E-state index contributed by atoms with van der Waals surface area (Å²) in [6, 6.07) is 15.1. The zero-order valence-electron chi connectivity index (χ0n) is 18.7. The quantitative estimate of drug-likeness (QED) is 0.622. The van der Waals surface area contributed by atoms with E-state index in [4.69, 9.17) is 4.74 Å². The molecule has 0 radical (unpaired) electrons. The van der Waals surface area contributed by atoms with Gasteiger partial charge in [0.05, 0.1) is 25.3 Å². The monoisotopic (exact) mass is 434 g/mol. The molecule has 0 unspecified atom stereocenters. The summed E-state index contributed by atoms with van der Waals surface area (Å²) in [6.45, 7) is 8.62. The summed E-state index contributed by atoms with van der Waals surface area (Å²) in [4.78, 5) is 33.0. The number of ether oxygens (including phenoxy) is 1. The number of para-hydroxylation sites is 1. The van der Waals surface area contributed by atoms with Crippen LogP contribution in [0.2, 0.25) is 0 Å². The van der Waals surface area contributed by atoms with Crippen LogP contribution in [-0.4, -0.2) is 60.2 Å². The van der Waals surface area contributed by atoms with E-state index in [2.05, 4.69) is 21.3 Å². The van der Waals surface area contributed by atoms with Crippen molar-refractivity contribution in [3.63, 3.8) is 0 Å². The summed E-state index contributed by atoms with van der Waals surface area (Å²) in [7, 11) is 0. The molecule has 2 N–H and O–H groups in total. The number of morpholine rings is 1. The molecule has 7 heteroatoms. The summed E-state index contributed by atoms with van der Waals surface area (Å²) in [5.41, 5.74) is 4.13. The number of fused-ring (bicyclic) bond motifs is 1. The molecule has 168 valence electrons. The van der Waals surface area contributed by atoms with Crippen LogP contribution in [0.1, 0.15) is 16.7 Å². The van der Waals surface area contributed by atoms with Crippen molar-refractivity contribution in [2.75, 3.05) is 44.7 Å². The topological polar surface area (TPSA) is 77.7 Å². The van der Waals surface area contributed by atoms with Crippen molar-refractivity contribution in [1.82, 2.24) is 14.8 Å². The Morgan fingerprint density at radius 3 is 2.56 bits per heavy atom. The lowest BCUT2D eigenvalue weighted by Crippen LogP contribution is -2.44. The van der Waals surface area contributed by atoms with E-state index < -0.39 is 0 Å². The van der Waals surface area contributed by atoms with Crippen molar-refractivity contribution in [2.24, 2.45) is 0 Å². The molecule has 32 heavy (non-hydrogen) atoms. The van der Waals surface area contributed by atoms with Crippen LogP contribution >= 0.6 is 0 Å². The Bertz CT molecular complexity index is 1140. The normalized spacial score (nSPS) is 14.4. The zero-order chi connectivity index (χ0) is 22.5. The molecule has 1 saturated heterocycles. The maximum Gasteiger partial charge on any atom is 0.322 e. The van der Waals surface area contributed by atoms with Gasteiger partial charge in [0, 0.05) is 42.8 Å². The molecule has 0 spiro atoms. The number of aromatic nitrogens is 1. The number of aromatic amines is 1. The highest BCUT2D eigenvalue weighted by molar-refractivity contribution is 5.89. The Balaban J connectivity index is 1.58. The predicted octanol–water partition coefficient (Wildman–Crippen LogP) is 3.51. The summed E-state index contributed by atoms with van der Waals surface area (Å²) in [6.07, 6.45) is 0. The van der Waals surface area contributed by atoms with Crippen molar-refractivity contribution in [2.45, 2.75) is 20.4 Å². The fourth-order valence-corrected chi connectivity index (χ4v) is 4.00. The lowest BCUT2D eigenvalue weighted by atomic mass is 10.0. The number of urea groups is 1. The van der Waals surface area contributed by atoms with Gasteiger partial charge in [-0.05, 0) is 43.2 Å². The Morgan fingerprint density at radius 2 is 1.81 bits per heavy atom. The van der Waals surface area contributed by atoms with Gasteiger partial charge in [0.15, 0.2) is 0 Å². The number of H-pyrrole nitrogens is 1. The number of nitrogens with zero attached hydrogens (tertiary/aromatic N) is 2. The minimum Gasteiger partial charge on any atom is -0.379 e. The molecule has 0 aliphatic carbocycles. The highest BCUT2D eigenvalue weighted by atomic mass is 16.5. The molecule has 7 nitrogen and oxygen atoms in total. The molecular formula is C25H30N4O3. The molecule has 2 aromatic carbocycles. The average molecular weight is 435 g/mol. The summed E-state index contributed by atoms with van der Waals surface area (Å²) >= 11 is 0. The van der Waals surface area contributed by atoms with Crippen LogP contribution in [0.15, 0.2) is 53.3 Å². The number of anilines is 1. The second kappa shape index (κ2) is 9.97. The highest BCUT2D eigenvalue weighted by Gasteiger charge is 2.19. The number of aryl methyl sites for hydroxylation is 2. The van der Waals surface area contributed by atoms with E-state index >= 15 is 0 Å². The number of pyridine rings is 1. The van der Waals surface area contributed by atoms with Gasteiger partial charge in [-0.1, -0.05) is 30.3 Å². The second-order valence-corrected chi connectivity index (χ2v) is 8.28. The number of rotatable bonds is 6. The second-order valence-electron chi connectivity index (χ2n) is 8.28. The fourth-order valence-electron chi connectivity index (χ4n) is 4.00. The maximum absolute atomic E-state index is 13.1. The largest absolute Gasteiger partial charge is 0.379 e. The van der Waals surface area contributed by atoms with Crippen LogP contribution in [0, 0.1) is 13.8 Å². The van der Waals surface area contributed by atoms with Crippen molar-refractivity contribution >= 4 is 22.6 Å². The standard InChI is InChI=1S/C25H30N4O3/c1-18-8-9-19(2)23-22(18)16-20(24(30)27-23)17-29(11-10-28-12-14-32-15-13-28)25(31)26-21-6-4-3-5-7-21/h3-9,16H,10-15,17H2,1-2H3,(H,26,31)(H,27,30). The smallest absolute Gasteiger partial charge is 0.322 e. The predicted molar refractivity (Wildman–Crippen MR) is 127 cm³/mol. The molecule has 2 heterocycles. The first kappa shape index (κ1) is 22.0. The van der Waals surface area contributed by atoms with E-state index in [1.54, 1.807) is 4.90 Å². The minimum atomic E-state index is -0.218. The number of amides is 2. The van der Waals surface area contributed by atoms with E-state index in [1.807, 2.05) is 56.3 Å². The van der Waals surface area contributed by atoms with Gasteiger partial charge < -0.3 is 19.9 Å². The number of hydrogen-bond acceptors (Lipinski definition) is 4. The molecule has 1 aliphatic heterocycles. The van der Waals surface area contributed by atoms with E-state index in [1.165, 1.54) is 0 Å². The van der Waals surface area contributed by atoms with Crippen LogP contribution < -0.4 is 10.9 Å². The summed E-state index contributed by atoms with van der Waals surface area (Å²) in [5.74, 6) is 0. The van der Waals surface area contributed by atoms with Gasteiger partial charge in [-0.25, -0.2) is 4.79 Å². The molecule has 0 bridgehead atoms. The van der Waals surface area contributed by atoms with Gasteiger partial charge in [-0.2, -0.15) is 0 Å². The van der Waals surface area contributed by atoms with Crippen LogP contribution in [0.5, 0.6) is 0 Å². The Hall–Kier alpha value is -3.16. The van der Waals surface area contributed by atoms with Gasteiger partial charge in [-0.15, -0.1) is 0 Å². The molecule has 4 rings (SSSR count). The number of hydrogen-bond donors (Lipinski definition) is 2. The molecular weight excluding hydrogens is 404 g/mol. The van der Waals surface area contributed by atoms with Crippen molar-refractivity contribution in [3.8, 4) is 0 Å². The third-order valence-electron chi connectivity index (χ3n) is 5.98. The molecule has 1 aliphatic rings. The third-order valence-corrected chi connectivity index (χ3v) is 5.98. The SMILES string of the molecule is Cc1ccc(C)c2[nH]c(=O)c(CN(CCN3CCOCC3)C(=O)Nc3ccccc3)cc12. The first-order chi connectivity index (χ1) is 15.5. The lowest BCUT2D eigenvalue weighted by molar-refractivity contribution is 0.0349. The number of nitrogens with one attached hydrogen (secondary N) is 2. The molecule has 1 fully saturated rings. The Labute approximate surface area is 188 Å². The number of carbonyl (C=O) groups excluding carboxylic acids is 1. The Kier molecular flexibility index (Phi) is 6.87. The van der Waals surface area contributed by atoms with E-state index in [0.29, 0.717) is 25.3 Å². The van der Waals surface area contributed by atoms with Gasteiger partial charge >= 0.3 is 6.03 Å². The zero-order valence-corrected chi connectivity index (χ0v) is 18.7. The van der Waals surface area contributed by atoms with Gasteiger partial charge in [-0.3, -0.25) is 9.69 Å².